The van der Waals surface area contributed by atoms with Crippen LogP contribution in [0.4, 0.5) is 0 Å². The summed E-state index contributed by atoms with van der Waals surface area (Å²) in [5.41, 5.74) is -0.0215. The second-order valence-electron chi connectivity index (χ2n) is 5.72. The second-order valence-corrected chi connectivity index (χ2v) is 5.72. The van der Waals surface area contributed by atoms with Crippen molar-refractivity contribution in [1.82, 2.24) is 5.32 Å². The van der Waals surface area contributed by atoms with Gasteiger partial charge in [-0.25, -0.2) is 0 Å². The minimum atomic E-state index is -0.0215. The van der Waals surface area contributed by atoms with E-state index in [1.54, 1.807) is 0 Å². The highest BCUT2D eigenvalue weighted by atomic mass is 16.5. The van der Waals surface area contributed by atoms with Crippen LogP contribution in [0, 0.1) is 0 Å². The molecule has 3 heteroatoms. The van der Waals surface area contributed by atoms with Gasteiger partial charge in [0, 0.05) is 18.7 Å². The Morgan fingerprint density at radius 2 is 1.76 bits per heavy atom. The highest BCUT2D eigenvalue weighted by Gasteiger charge is 2.30. The molecule has 0 spiro atoms. The minimum absolute atomic E-state index is 0.0215. The molecule has 100 valence electrons. The summed E-state index contributed by atoms with van der Waals surface area (Å²) in [7, 11) is 0. The summed E-state index contributed by atoms with van der Waals surface area (Å²) in [6.45, 7) is 2.11. The van der Waals surface area contributed by atoms with Crippen molar-refractivity contribution in [3.8, 4) is 0 Å². The number of hydrogen-bond donors (Lipinski definition) is 2. The van der Waals surface area contributed by atoms with Crippen LogP contribution in [0.25, 0.3) is 0 Å². The average molecular weight is 241 g/mol. The van der Waals surface area contributed by atoms with E-state index < -0.39 is 0 Å². The summed E-state index contributed by atoms with van der Waals surface area (Å²) in [5.74, 6) is 0. The van der Waals surface area contributed by atoms with Crippen molar-refractivity contribution in [3.63, 3.8) is 0 Å². The lowest BCUT2D eigenvalue weighted by atomic mass is 9.84. The van der Waals surface area contributed by atoms with Crippen molar-refractivity contribution in [2.45, 2.75) is 69.4 Å². The minimum Gasteiger partial charge on any atom is -0.394 e. The van der Waals surface area contributed by atoms with Crippen molar-refractivity contribution in [1.29, 1.82) is 0 Å². The van der Waals surface area contributed by atoms with Gasteiger partial charge >= 0.3 is 0 Å². The molecular formula is C14H27NO2. The van der Waals surface area contributed by atoms with E-state index in [4.69, 9.17) is 4.74 Å². The molecule has 0 aromatic rings. The van der Waals surface area contributed by atoms with Gasteiger partial charge in [-0.05, 0) is 25.7 Å². The third-order valence-corrected chi connectivity index (χ3v) is 4.34. The molecule has 0 bridgehead atoms. The van der Waals surface area contributed by atoms with Gasteiger partial charge in [-0.3, -0.25) is 0 Å². The molecule has 1 aliphatic heterocycles. The number of nitrogens with one attached hydrogen (secondary N) is 1. The van der Waals surface area contributed by atoms with Gasteiger partial charge < -0.3 is 15.2 Å². The molecule has 17 heavy (non-hydrogen) atoms. The molecule has 0 aromatic carbocycles. The van der Waals surface area contributed by atoms with Gasteiger partial charge in [-0.2, -0.15) is 0 Å². The quantitative estimate of drug-likeness (QED) is 0.793. The van der Waals surface area contributed by atoms with E-state index >= 15 is 0 Å². The number of aliphatic hydroxyl groups excluding tert-OH is 1. The number of aliphatic hydroxyl groups is 1. The van der Waals surface area contributed by atoms with Crippen LogP contribution in [0.3, 0.4) is 0 Å². The fourth-order valence-corrected chi connectivity index (χ4v) is 3.11. The molecule has 1 aliphatic carbocycles. The monoisotopic (exact) mass is 241 g/mol. The van der Waals surface area contributed by atoms with E-state index in [2.05, 4.69) is 5.32 Å². The van der Waals surface area contributed by atoms with Gasteiger partial charge in [0.05, 0.1) is 12.7 Å². The zero-order chi connectivity index (χ0) is 12.0. The molecule has 2 fully saturated rings. The molecule has 1 heterocycles. The number of hydrogen-bond acceptors (Lipinski definition) is 3. The smallest absolute Gasteiger partial charge is 0.0700 e. The third-order valence-electron chi connectivity index (χ3n) is 4.34. The van der Waals surface area contributed by atoms with Crippen molar-refractivity contribution >= 4 is 0 Å². The molecule has 2 rings (SSSR count). The second kappa shape index (κ2) is 6.72. The van der Waals surface area contributed by atoms with E-state index in [0.29, 0.717) is 6.10 Å². The zero-order valence-corrected chi connectivity index (χ0v) is 10.9. The lowest BCUT2D eigenvalue weighted by Gasteiger charge is -2.35. The van der Waals surface area contributed by atoms with Gasteiger partial charge in [-0.15, -0.1) is 0 Å². The maximum absolute atomic E-state index is 9.73. The Morgan fingerprint density at radius 1 is 1.06 bits per heavy atom. The van der Waals surface area contributed by atoms with E-state index in [-0.39, 0.29) is 12.1 Å². The summed E-state index contributed by atoms with van der Waals surface area (Å²) in [4.78, 5) is 0. The molecule has 1 unspecified atom stereocenters. The molecular weight excluding hydrogens is 214 g/mol. The summed E-state index contributed by atoms with van der Waals surface area (Å²) in [5, 5.41) is 13.3. The summed E-state index contributed by atoms with van der Waals surface area (Å²) < 4.78 is 5.65. The predicted octanol–water partition coefficient (Wildman–Crippen LogP) is 2.23. The molecule has 2 aliphatic rings. The normalized spacial score (nSPS) is 29.8. The first kappa shape index (κ1) is 13.3. The van der Waals surface area contributed by atoms with E-state index in [9.17, 15) is 5.11 Å². The molecule has 0 aromatic heterocycles. The van der Waals surface area contributed by atoms with E-state index in [1.165, 1.54) is 44.9 Å². The molecule has 0 radical (unpaired) electrons. The predicted molar refractivity (Wildman–Crippen MR) is 69.1 cm³/mol. The number of ether oxygens (including phenoxy) is 1. The van der Waals surface area contributed by atoms with Crippen LogP contribution in [0.5, 0.6) is 0 Å². The Bertz CT molecular complexity index is 206. The molecule has 1 saturated heterocycles. The first-order valence-corrected chi connectivity index (χ1v) is 7.32. The van der Waals surface area contributed by atoms with Crippen LogP contribution >= 0.6 is 0 Å². The Labute approximate surface area is 105 Å². The Kier molecular flexibility index (Phi) is 5.26. The fourth-order valence-electron chi connectivity index (χ4n) is 3.11. The molecule has 2 N–H and O–H groups in total. The number of rotatable bonds is 4. The maximum atomic E-state index is 9.73. The van der Waals surface area contributed by atoms with Gasteiger partial charge in [0.1, 0.15) is 0 Å². The Hall–Kier alpha value is -0.120. The summed E-state index contributed by atoms with van der Waals surface area (Å²) in [6.07, 6.45) is 11.5. The highest BCUT2D eigenvalue weighted by Crippen LogP contribution is 2.26. The third kappa shape index (κ3) is 3.94. The van der Waals surface area contributed by atoms with Crippen LogP contribution in [0.2, 0.25) is 0 Å². The van der Waals surface area contributed by atoms with Gasteiger partial charge in [-0.1, -0.05) is 32.1 Å². The maximum Gasteiger partial charge on any atom is 0.0700 e. The van der Waals surface area contributed by atoms with E-state index in [0.717, 1.165) is 26.0 Å². The first-order valence-electron chi connectivity index (χ1n) is 7.32. The van der Waals surface area contributed by atoms with Crippen LogP contribution in [0.1, 0.15) is 57.8 Å². The molecule has 1 atom stereocenters. The highest BCUT2D eigenvalue weighted by molar-refractivity contribution is 4.89. The molecule has 1 saturated carbocycles. The standard InChI is InChI=1S/C14H27NO2/c16-12-14(8-4-2-1-3-5-9-14)15-11-13-7-6-10-17-13/h13,15-16H,1-12H2. The Balaban J connectivity index is 1.82. The zero-order valence-electron chi connectivity index (χ0n) is 10.9. The van der Waals surface area contributed by atoms with Crippen LogP contribution in [-0.4, -0.2) is 36.5 Å². The van der Waals surface area contributed by atoms with E-state index in [1.807, 2.05) is 0 Å². The van der Waals surface area contributed by atoms with Crippen molar-refractivity contribution in [2.75, 3.05) is 19.8 Å². The van der Waals surface area contributed by atoms with Crippen molar-refractivity contribution < 1.29 is 9.84 Å². The lowest BCUT2D eigenvalue weighted by Crippen LogP contribution is -2.51. The summed E-state index contributed by atoms with van der Waals surface area (Å²) in [6, 6.07) is 0. The summed E-state index contributed by atoms with van der Waals surface area (Å²) >= 11 is 0. The fraction of sp³-hybridized carbons (Fsp3) is 1.00. The van der Waals surface area contributed by atoms with Crippen LogP contribution in [0.15, 0.2) is 0 Å². The first-order chi connectivity index (χ1) is 8.35. The SMILES string of the molecule is OCC1(NCC2CCCO2)CCCCCCC1. The molecule has 3 nitrogen and oxygen atoms in total. The Morgan fingerprint density at radius 3 is 2.35 bits per heavy atom. The van der Waals surface area contributed by atoms with Crippen LogP contribution in [-0.2, 0) is 4.74 Å². The van der Waals surface area contributed by atoms with Crippen LogP contribution < -0.4 is 5.32 Å². The van der Waals surface area contributed by atoms with Crippen molar-refractivity contribution in [3.05, 3.63) is 0 Å². The average Bonchev–Trinajstić information content (AvgIpc) is 2.82. The lowest BCUT2D eigenvalue weighted by molar-refractivity contribution is 0.0786. The van der Waals surface area contributed by atoms with Gasteiger partial charge in [0.15, 0.2) is 0 Å². The molecule has 0 amide bonds. The van der Waals surface area contributed by atoms with Crippen molar-refractivity contribution in [2.24, 2.45) is 0 Å². The van der Waals surface area contributed by atoms with Gasteiger partial charge in [0.2, 0.25) is 0 Å². The van der Waals surface area contributed by atoms with Gasteiger partial charge in [0.25, 0.3) is 0 Å². The topological polar surface area (TPSA) is 41.5 Å². The largest absolute Gasteiger partial charge is 0.394 e.